The van der Waals surface area contributed by atoms with E-state index in [0.29, 0.717) is 19.7 Å². The van der Waals surface area contributed by atoms with Crippen LogP contribution in [0.2, 0.25) is 0 Å². The average Bonchev–Trinajstić information content (AvgIpc) is 3.02. The van der Waals surface area contributed by atoms with Crippen LogP contribution in [0, 0.1) is 45.8 Å². The SMILES string of the molecule is CC1(I)CCCCC(C2=CC3(C4CC5C=CC4C(C)(C)C5)CC2C(C)(C)C3)C1. The summed E-state index contributed by atoms with van der Waals surface area (Å²) in [5, 5.41) is 0. The van der Waals surface area contributed by atoms with E-state index in [1.165, 1.54) is 57.8 Å². The molecule has 1 heteroatoms. The number of allylic oxidation sites excluding steroid dienone is 4. The van der Waals surface area contributed by atoms with E-state index in [1.54, 1.807) is 0 Å². The van der Waals surface area contributed by atoms with Crippen molar-refractivity contribution in [2.75, 3.05) is 0 Å². The second kappa shape index (κ2) is 6.36. The second-order valence-electron chi connectivity index (χ2n) is 13.1. The minimum Gasteiger partial charge on any atom is -0.0851 e. The lowest BCUT2D eigenvalue weighted by atomic mass is 9.50. The van der Waals surface area contributed by atoms with Crippen molar-refractivity contribution in [3.8, 4) is 0 Å². The molecule has 6 rings (SSSR count). The molecule has 0 radical (unpaired) electrons. The molecule has 0 aliphatic heterocycles. The third-order valence-corrected chi connectivity index (χ3v) is 10.8. The van der Waals surface area contributed by atoms with Crippen LogP contribution in [-0.2, 0) is 0 Å². The Morgan fingerprint density at radius 3 is 2.43 bits per heavy atom. The van der Waals surface area contributed by atoms with Gasteiger partial charge in [0.15, 0.2) is 0 Å². The maximum atomic E-state index is 2.93. The maximum Gasteiger partial charge on any atom is 0.0200 e. The Morgan fingerprint density at radius 2 is 1.71 bits per heavy atom. The van der Waals surface area contributed by atoms with E-state index in [-0.39, 0.29) is 0 Å². The van der Waals surface area contributed by atoms with E-state index in [9.17, 15) is 0 Å². The van der Waals surface area contributed by atoms with Crippen molar-refractivity contribution in [3.05, 3.63) is 23.8 Å². The molecule has 0 saturated heterocycles. The van der Waals surface area contributed by atoms with Crippen molar-refractivity contribution < 1.29 is 0 Å². The zero-order valence-corrected chi connectivity index (χ0v) is 21.0. The number of hydrogen-bond acceptors (Lipinski definition) is 0. The van der Waals surface area contributed by atoms with E-state index in [1.807, 2.05) is 5.57 Å². The fraction of sp³-hybridized carbons (Fsp3) is 0.852. The van der Waals surface area contributed by atoms with Gasteiger partial charge in [0.1, 0.15) is 0 Å². The summed E-state index contributed by atoms with van der Waals surface area (Å²) in [4.78, 5) is 0. The molecular formula is C27H41I. The molecule has 6 aliphatic carbocycles. The fourth-order valence-corrected chi connectivity index (χ4v) is 9.73. The van der Waals surface area contributed by atoms with Crippen molar-refractivity contribution in [2.45, 2.75) is 95.8 Å². The van der Waals surface area contributed by atoms with Crippen LogP contribution in [0.5, 0.6) is 0 Å². The summed E-state index contributed by atoms with van der Waals surface area (Å²) in [6.45, 7) is 12.8. The predicted molar refractivity (Wildman–Crippen MR) is 129 cm³/mol. The molecule has 0 spiro atoms. The predicted octanol–water partition coefficient (Wildman–Crippen LogP) is 8.36. The lowest BCUT2D eigenvalue weighted by Crippen LogP contribution is -2.47. The molecule has 7 unspecified atom stereocenters. The topological polar surface area (TPSA) is 0 Å². The van der Waals surface area contributed by atoms with Crippen molar-refractivity contribution in [2.24, 2.45) is 45.8 Å². The number of hydrogen-bond donors (Lipinski definition) is 0. The van der Waals surface area contributed by atoms with Gasteiger partial charge in [-0.1, -0.05) is 93.9 Å². The van der Waals surface area contributed by atoms with Gasteiger partial charge < -0.3 is 0 Å². The second-order valence-corrected chi connectivity index (χ2v) is 15.7. The molecule has 28 heavy (non-hydrogen) atoms. The zero-order valence-electron chi connectivity index (χ0n) is 18.9. The van der Waals surface area contributed by atoms with E-state index in [0.717, 1.165) is 29.6 Å². The van der Waals surface area contributed by atoms with Gasteiger partial charge in [-0.05, 0) is 90.8 Å². The van der Waals surface area contributed by atoms with Gasteiger partial charge in [-0.2, -0.15) is 0 Å². The Hall–Kier alpha value is 0.210. The van der Waals surface area contributed by atoms with Crippen LogP contribution < -0.4 is 0 Å². The summed E-state index contributed by atoms with van der Waals surface area (Å²) in [5.41, 5.74) is 3.43. The molecule has 156 valence electrons. The summed E-state index contributed by atoms with van der Waals surface area (Å²) < 4.78 is 0.507. The van der Waals surface area contributed by atoms with Crippen LogP contribution in [0.3, 0.4) is 0 Å². The molecule has 0 amide bonds. The highest BCUT2D eigenvalue weighted by Gasteiger charge is 2.62. The van der Waals surface area contributed by atoms with Crippen molar-refractivity contribution in [1.29, 1.82) is 0 Å². The molecule has 0 N–H and O–H groups in total. The molecule has 6 aliphatic rings. The molecule has 0 aromatic carbocycles. The molecule has 0 aromatic rings. The summed E-state index contributed by atoms with van der Waals surface area (Å²) in [6.07, 6.45) is 21.1. The fourth-order valence-electron chi connectivity index (χ4n) is 8.81. The molecule has 0 heterocycles. The van der Waals surface area contributed by atoms with Crippen LogP contribution in [0.1, 0.15) is 92.4 Å². The molecule has 0 nitrogen and oxygen atoms in total. The van der Waals surface area contributed by atoms with Crippen LogP contribution in [0.4, 0.5) is 0 Å². The highest BCUT2D eigenvalue weighted by molar-refractivity contribution is 14.1. The summed E-state index contributed by atoms with van der Waals surface area (Å²) >= 11 is 2.79. The lowest BCUT2D eigenvalue weighted by molar-refractivity contribution is 0.00457. The molecule has 3 saturated carbocycles. The average molecular weight is 493 g/mol. The lowest BCUT2D eigenvalue weighted by Gasteiger charge is -2.55. The van der Waals surface area contributed by atoms with Crippen molar-refractivity contribution in [1.82, 2.24) is 0 Å². The molecule has 7 atom stereocenters. The molecule has 0 aromatic heterocycles. The van der Waals surface area contributed by atoms with Gasteiger partial charge >= 0.3 is 0 Å². The third kappa shape index (κ3) is 3.11. The minimum absolute atomic E-state index is 0.499. The Labute approximate surface area is 187 Å². The Balaban J connectivity index is 1.51. The standard InChI is InChI=1S/C27H41I/c1-24(2)13-18-9-10-21(24)22(12-18)27-15-20(23(16-27)25(3,4)17-27)19-8-6-7-11-26(5,28)14-19/h9-10,15,18-19,21-23H,6-8,11-14,16-17H2,1-5H3. The smallest absolute Gasteiger partial charge is 0.0200 e. The van der Waals surface area contributed by atoms with Crippen LogP contribution in [0.15, 0.2) is 23.8 Å². The maximum absolute atomic E-state index is 2.93. The highest BCUT2D eigenvalue weighted by Crippen LogP contribution is 2.71. The van der Waals surface area contributed by atoms with E-state index < -0.39 is 0 Å². The quantitative estimate of drug-likeness (QED) is 0.157. The van der Waals surface area contributed by atoms with E-state index in [4.69, 9.17) is 0 Å². The van der Waals surface area contributed by atoms with Gasteiger partial charge in [-0.15, -0.1) is 0 Å². The first-order valence-corrected chi connectivity index (χ1v) is 13.2. The van der Waals surface area contributed by atoms with Gasteiger partial charge in [0.05, 0.1) is 0 Å². The highest BCUT2D eigenvalue weighted by atomic mass is 127. The van der Waals surface area contributed by atoms with Crippen molar-refractivity contribution in [3.63, 3.8) is 0 Å². The summed E-state index contributed by atoms with van der Waals surface area (Å²) in [7, 11) is 0. The normalized spacial score (nSPS) is 51.2. The number of alkyl halides is 1. The Kier molecular flexibility index (Phi) is 4.57. The first kappa shape index (κ1) is 20.1. The van der Waals surface area contributed by atoms with Crippen LogP contribution >= 0.6 is 22.6 Å². The third-order valence-electron chi connectivity index (χ3n) is 9.82. The molecular weight excluding hydrogens is 451 g/mol. The van der Waals surface area contributed by atoms with E-state index in [2.05, 4.69) is 75.4 Å². The van der Waals surface area contributed by atoms with Gasteiger partial charge in [0, 0.05) is 3.42 Å². The first-order valence-electron chi connectivity index (χ1n) is 12.1. The number of fused-ring (bicyclic) bond motifs is 5. The Bertz CT molecular complexity index is 708. The van der Waals surface area contributed by atoms with Crippen LogP contribution in [-0.4, -0.2) is 3.42 Å². The monoisotopic (exact) mass is 492 g/mol. The van der Waals surface area contributed by atoms with Crippen molar-refractivity contribution >= 4 is 22.6 Å². The Morgan fingerprint density at radius 1 is 0.929 bits per heavy atom. The van der Waals surface area contributed by atoms with E-state index >= 15 is 0 Å². The van der Waals surface area contributed by atoms with Gasteiger partial charge in [-0.25, -0.2) is 0 Å². The van der Waals surface area contributed by atoms with Gasteiger partial charge in [-0.3, -0.25) is 0 Å². The van der Waals surface area contributed by atoms with Crippen LogP contribution in [0.25, 0.3) is 0 Å². The largest absolute Gasteiger partial charge is 0.0851 e. The number of rotatable bonds is 2. The van der Waals surface area contributed by atoms with Gasteiger partial charge in [0.25, 0.3) is 0 Å². The zero-order chi connectivity index (χ0) is 19.9. The van der Waals surface area contributed by atoms with Gasteiger partial charge in [0.2, 0.25) is 0 Å². The molecule has 4 bridgehead atoms. The minimum atomic E-state index is 0.499. The summed E-state index contributed by atoms with van der Waals surface area (Å²) in [5.74, 6) is 4.25. The first-order chi connectivity index (χ1) is 13.0. The summed E-state index contributed by atoms with van der Waals surface area (Å²) in [6, 6.07) is 0. The molecule has 3 fully saturated rings. The number of halogens is 1.